The van der Waals surface area contributed by atoms with Gasteiger partial charge in [0.2, 0.25) is 0 Å². The monoisotopic (exact) mass is 519 g/mol. The Morgan fingerprint density at radius 2 is 1.79 bits per heavy atom. The second-order valence-electron chi connectivity index (χ2n) is 10.4. The number of amides is 2. The number of furan rings is 2. The molecule has 2 fully saturated rings. The summed E-state index contributed by atoms with van der Waals surface area (Å²) in [7, 11) is 0. The van der Waals surface area contributed by atoms with E-state index in [0.717, 1.165) is 44.3 Å². The molecule has 1 N–H and O–H groups in total. The lowest BCUT2D eigenvalue weighted by Gasteiger charge is -2.32. The number of morpholine rings is 1. The lowest BCUT2D eigenvalue weighted by atomic mass is 9.95. The Balaban J connectivity index is 1.48. The Bertz CT molecular complexity index is 1240. The largest absolute Gasteiger partial charge is 0.464 e. The summed E-state index contributed by atoms with van der Waals surface area (Å²) >= 11 is 0. The minimum atomic E-state index is -0.979. The van der Waals surface area contributed by atoms with Crippen LogP contribution in [0.15, 0.2) is 57.4 Å². The lowest BCUT2D eigenvalue weighted by Crippen LogP contribution is -2.47. The van der Waals surface area contributed by atoms with Crippen molar-refractivity contribution >= 4 is 17.5 Å². The van der Waals surface area contributed by atoms with Crippen molar-refractivity contribution < 1.29 is 23.2 Å². The van der Waals surface area contributed by atoms with Crippen molar-refractivity contribution in [2.45, 2.75) is 64.6 Å². The van der Waals surface area contributed by atoms with Gasteiger partial charge in [-0.05, 0) is 68.7 Å². The number of nitrogens with zero attached hydrogens (tertiary/aromatic N) is 2. The fraction of sp³-hybridized carbons (Fsp3) is 0.467. The van der Waals surface area contributed by atoms with Crippen LogP contribution in [0.2, 0.25) is 0 Å². The van der Waals surface area contributed by atoms with Crippen LogP contribution < -0.4 is 10.2 Å². The van der Waals surface area contributed by atoms with Crippen molar-refractivity contribution in [2.24, 2.45) is 0 Å². The van der Waals surface area contributed by atoms with Gasteiger partial charge in [0.15, 0.2) is 11.8 Å². The van der Waals surface area contributed by atoms with Crippen LogP contribution in [0.5, 0.6) is 0 Å². The van der Waals surface area contributed by atoms with Crippen LogP contribution in [0.4, 0.5) is 5.69 Å². The van der Waals surface area contributed by atoms with Crippen molar-refractivity contribution in [3.63, 3.8) is 0 Å². The third-order valence-electron chi connectivity index (χ3n) is 7.34. The fourth-order valence-corrected chi connectivity index (χ4v) is 5.34. The molecule has 38 heavy (non-hydrogen) atoms. The van der Waals surface area contributed by atoms with Crippen molar-refractivity contribution in [2.75, 3.05) is 31.2 Å². The molecule has 2 amide bonds. The van der Waals surface area contributed by atoms with Crippen molar-refractivity contribution in [3.05, 3.63) is 77.1 Å². The first-order valence-electron chi connectivity index (χ1n) is 13.6. The molecular weight excluding hydrogens is 482 g/mol. The van der Waals surface area contributed by atoms with E-state index in [1.807, 2.05) is 50.2 Å². The quantitative estimate of drug-likeness (QED) is 0.442. The van der Waals surface area contributed by atoms with Gasteiger partial charge in [-0.2, -0.15) is 0 Å². The van der Waals surface area contributed by atoms with E-state index < -0.39 is 6.04 Å². The molecule has 1 saturated carbocycles. The smallest absolute Gasteiger partial charge is 0.295 e. The topological polar surface area (TPSA) is 88.2 Å². The third kappa shape index (κ3) is 6.19. The molecule has 0 spiro atoms. The summed E-state index contributed by atoms with van der Waals surface area (Å²) in [6, 6.07) is 13.9. The maximum absolute atomic E-state index is 14.2. The van der Waals surface area contributed by atoms with E-state index >= 15 is 0 Å². The van der Waals surface area contributed by atoms with Gasteiger partial charge in [0.1, 0.15) is 17.3 Å². The summed E-state index contributed by atoms with van der Waals surface area (Å²) in [6.45, 7) is 7.42. The zero-order chi connectivity index (χ0) is 26.5. The molecule has 202 valence electrons. The number of ether oxygens (including phenoxy) is 1. The summed E-state index contributed by atoms with van der Waals surface area (Å²) in [5.74, 6) is 1.36. The molecule has 1 atom stereocenters. The highest BCUT2D eigenvalue weighted by molar-refractivity contribution is 6.08. The van der Waals surface area contributed by atoms with E-state index in [2.05, 4.69) is 10.2 Å². The van der Waals surface area contributed by atoms with Gasteiger partial charge in [0, 0.05) is 24.8 Å². The Kier molecular flexibility index (Phi) is 8.29. The summed E-state index contributed by atoms with van der Waals surface area (Å²) in [6.07, 6.45) is 5.25. The van der Waals surface area contributed by atoms with Crippen LogP contribution in [0, 0.1) is 13.8 Å². The van der Waals surface area contributed by atoms with Gasteiger partial charge in [0.25, 0.3) is 11.8 Å². The number of carbonyl (C=O) groups is 2. The number of aryl methyl sites for hydroxylation is 2. The summed E-state index contributed by atoms with van der Waals surface area (Å²) < 4.78 is 17.5. The molecule has 1 aromatic carbocycles. The zero-order valence-electron chi connectivity index (χ0n) is 22.3. The summed E-state index contributed by atoms with van der Waals surface area (Å²) in [5.41, 5.74) is 1.59. The Labute approximate surface area is 223 Å². The van der Waals surface area contributed by atoms with Crippen molar-refractivity contribution in [3.8, 4) is 0 Å². The Morgan fingerprint density at radius 3 is 2.50 bits per heavy atom. The predicted octanol–water partition coefficient (Wildman–Crippen LogP) is 5.16. The number of carbonyl (C=O) groups excluding carboxylic acids is 2. The standard InChI is InChI=1S/C30H37N3O5/c1-21-7-6-10-24(19-21)33(30(35)27-14-12-25(38-27)20-32-15-17-36-18-16-32)28(26-13-11-22(2)37-26)29(34)31-23-8-4-3-5-9-23/h6-7,10-14,19,23,28H,3-5,8-9,15-18,20H2,1-2H3,(H,31,34). The molecule has 2 aromatic heterocycles. The Hall–Kier alpha value is -3.36. The number of nitrogens with one attached hydrogen (secondary N) is 1. The number of hydrogen-bond acceptors (Lipinski definition) is 6. The van der Waals surface area contributed by atoms with Crippen LogP contribution in [0.1, 0.15) is 71.5 Å². The fourth-order valence-electron chi connectivity index (χ4n) is 5.34. The predicted molar refractivity (Wildman–Crippen MR) is 144 cm³/mol. The van der Waals surface area contributed by atoms with Gasteiger partial charge in [-0.3, -0.25) is 19.4 Å². The molecule has 3 aromatic rings. The third-order valence-corrected chi connectivity index (χ3v) is 7.34. The van der Waals surface area contributed by atoms with Gasteiger partial charge in [-0.15, -0.1) is 0 Å². The molecule has 0 radical (unpaired) electrons. The minimum absolute atomic E-state index is 0.0907. The SMILES string of the molecule is Cc1cccc(N(C(=O)c2ccc(CN3CCOCC3)o2)C(C(=O)NC2CCCCC2)c2ccc(C)o2)c1. The maximum Gasteiger partial charge on any atom is 0.295 e. The van der Waals surface area contributed by atoms with Gasteiger partial charge >= 0.3 is 0 Å². The van der Waals surface area contributed by atoms with Crippen LogP contribution in [-0.4, -0.2) is 49.1 Å². The first-order valence-corrected chi connectivity index (χ1v) is 13.6. The van der Waals surface area contributed by atoms with Crippen LogP contribution in [-0.2, 0) is 16.1 Å². The molecule has 8 nitrogen and oxygen atoms in total. The van der Waals surface area contributed by atoms with Gasteiger partial charge in [-0.25, -0.2) is 0 Å². The van der Waals surface area contributed by atoms with Crippen LogP contribution >= 0.6 is 0 Å². The van der Waals surface area contributed by atoms with E-state index in [-0.39, 0.29) is 23.6 Å². The number of hydrogen-bond donors (Lipinski definition) is 1. The van der Waals surface area contributed by atoms with E-state index in [4.69, 9.17) is 13.6 Å². The maximum atomic E-state index is 14.2. The lowest BCUT2D eigenvalue weighted by molar-refractivity contribution is -0.123. The molecule has 1 unspecified atom stereocenters. The molecule has 3 heterocycles. The normalized spacial score (nSPS) is 17.7. The van der Waals surface area contributed by atoms with Crippen molar-refractivity contribution in [1.82, 2.24) is 10.2 Å². The molecule has 1 saturated heterocycles. The average Bonchev–Trinajstić information content (AvgIpc) is 3.57. The molecule has 2 aliphatic rings. The van der Waals surface area contributed by atoms with Crippen LogP contribution in [0.25, 0.3) is 0 Å². The second-order valence-corrected chi connectivity index (χ2v) is 10.4. The first kappa shape index (κ1) is 26.3. The summed E-state index contributed by atoms with van der Waals surface area (Å²) in [5, 5.41) is 3.22. The minimum Gasteiger partial charge on any atom is -0.464 e. The second kappa shape index (κ2) is 12.0. The molecule has 0 bridgehead atoms. The Morgan fingerprint density at radius 1 is 1.00 bits per heavy atom. The van der Waals surface area contributed by atoms with Gasteiger partial charge in [0.05, 0.1) is 19.8 Å². The molecule has 5 rings (SSSR count). The summed E-state index contributed by atoms with van der Waals surface area (Å²) in [4.78, 5) is 31.8. The number of benzene rings is 1. The highest BCUT2D eigenvalue weighted by Crippen LogP contribution is 2.32. The molecule has 8 heteroatoms. The first-order chi connectivity index (χ1) is 18.5. The van der Waals surface area contributed by atoms with Crippen molar-refractivity contribution in [1.29, 1.82) is 0 Å². The highest BCUT2D eigenvalue weighted by atomic mass is 16.5. The van der Waals surface area contributed by atoms with E-state index in [1.54, 1.807) is 12.1 Å². The zero-order valence-corrected chi connectivity index (χ0v) is 22.3. The average molecular weight is 520 g/mol. The highest BCUT2D eigenvalue weighted by Gasteiger charge is 2.38. The molecule has 1 aliphatic heterocycles. The molecular formula is C30H37N3O5. The van der Waals surface area contributed by atoms with Gasteiger partial charge < -0.3 is 18.9 Å². The number of anilines is 1. The van der Waals surface area contributed by atoms with E-state index in [0.29, 0.717) is 42.7 Å². The van der Waals surface area contributed by atoms with E-state index in [1.165, 1.54) is 11.3 Å². The number of rotatable bonds is 8. The van der Waals surface area contributed by atoms with E-state index in [9.17, 15) is 9.59 Å². The van der Waals surface area contributed by atoms with Gasteiger partial charge in [-0.1, -0.05) is 31.4 Å². The van der Waals surface area contributed by atoms with Crippen LogP contribution in [0.3, 0.4) is 0 Å². The molecule has 1 aliphatic carbocycles.